The van der Waals surface area contributed by atoms with Crippen molar-refractivity contribution in [2.75, 3.05) is 37.7 Å². The van der Waals surface area contributed by atoms with Crippen molar-refractivity contribution in [3.05, 3.63) is 42.2 Å². The van der Waals surface area contributed by atoms with E-state index in [-0.39, 0.29) is 11.8 Å². The van der Waals surface area contributed by atoms with Crippen LogP contribution in [0.3, 0.4) is 0 Å². The Labute approximate surface area is 196 Å². The predicted octanol–water partition coefficient (Wildman–Crippen LogP) is 1.67. The first kappa shape index (κ1) is 22.8. The highest BCUT2D eigenvalue weighted by atomic mass is 19.4. The number of piperidine rings is 1. The summed E-state index contributed by atoms with van der Waals surface area (Å²) in [5, 5.41) is 8.47. The highest BCUT2D eigenvalue weighted by Gasteiger charge is 2.46. The highest BCUT2D eigenvalue weighted by Crippen LogP contribution is 2.34. The van der Waals surface area contributed by atoms with Crippen molar-refractivity contribution < 1.29 is 17.9 Å². The van der Waals surface area contributed by atoms with Gasteiger partial charge in [-0.2, -0.15) is 13.2 Å². The topological polar surface area (TPSA) is 89.9 Å². The summed E-state index contributed by atoms with van der Waals surface area (Å²) in [4.78, 5) is 15.7. The first-order valence-electron chi connectivity index (χ1n) is 11.5. The highest BCUT2D eigenvalue weighted by molar-refractivity contribution is 5.83. The fourth-order valence-corrected chi connectivity index (χ4v) is 5.17. The number of fused-ring (bicyclic) bond motifs is 2. The lowest BCUT2D eigenvalue weighted by atomic mass is 9.83. The summed E-state index contributed by atoms with van der Waals surface area (Å²) in [5.74, 6) is 2.62. The quantitative estimate of drug-likeness (QED) is 0.589. The van der Waals surface area contributed by atoms with Gasteiger partial charge in [0.05, 0.1) is 6.54 Å². The molecule has 0 bridgehead atoms. The van der Waals surface area contributed by atoms with Crippen LogP contribution in [-0.4, -0.2) is 71.6 Å². The van der Waals surface area contributed by atoms with Crippen LogP contribution >= 0.6 is 0 Å². The maximum absolute atomic E-state index is 12.7. The fraction of sp³-hybridized carbons (Fsp3) is 0.591. The first-order valence-corrected chi connectivity index (χ1v) is 11.5. The van der Waals surface area contributed by atoms with E-state index in [0.717, 1.165) is 37.6 Å². The molecule has 3 saturated heterocycles. The number of aromatic nitrogens is 2. The van der Waals surface area contributed by atoms with Gasteiger partial charge in [-0.15, -0.1) is 0 Å². The second kappa shape index (κ2) is 8.64. The van der Waals surface area contributed by atoms with Crippen LogP contribution in [-0.2, 0) is 4.74 Å². The Morgan fingerprint density at radius 2 is 2.15 bits per heavy atom. The van der Waals surface area contributed by atoms with Gasteiger partial charge in [0.2, 0.25) is 5.96 Å². The number of alkyl halides is 3. The number of hydrazine groups is 1. The van der Waals surface area contributed by atoms with Crippen LogP contribution in [0.25, 0.3) is 0 Å². The molecule has 4 aliphatic rings. The van der Waals surface area contributed by atoms with E-state index < -0.39 is 18.4 Å². The Bertz CT molecular complexity index is 1010. The zero-order chi connectivity index (χ0) is 23.9. The predicted molar refractivity (Wildman–Crippen MR) is 120 cm³/mol. The van der Waals surface area contributed by atoms with Crippen molar-refractivity contribution >= 4 is 11.8 Å². The van der Waals surface area contributed by atoms with Gasteiger partial charge in [0.15, 0.2) is 12.3 Å². The zero-order valence-corrected chi connectivity index (χ0v) is 19.1. The third kappa shape index (κ3) is 4.50. The smallest absolute Gasteiger partial charge is 0.422 e. The van der Waals surface area contributed by atoms with Crippen LogP contribution in [0.1, 0.15) is 19.0 Å². The summed E-state index contributed by atoms with van der Waals surface area (Å²) in [6.07, 6.45) is 3.22. The van der Waals surface area contributed by atoms with Gasteiger partial charge in [-0.05, 0) is 50.8 Å². The van der Waals surface area contributed by atoms with E-state index in [9.17, 15) is 13.2 Å². The molecule has 5 rings (SSSR count). The molecule has 0 spiro atoms. The molecular weight excluding hydrogens is 449 g/mol. The zero-order valence-electron chi connectivity index (χ0n) is 19.1. The molecule has 4 atom stereocenters. The molecular formula is C22H29F3N8O. The molecule has 0 amide bonds. The number of aryl methyl sites for hydroxylation is 1. The summed E-state index contributed by atoms with van der Waals surface area (Å²) < 4.78 is 43.1. The number of allylic oxidation sites excluding steroid dienone is 2. The van der Waals surface area contributed by atoms with Crippen LogP contribution in [0.4, 0.5) is 19.0 Å². The standard InChI is InChI=1S/C22H29F3N8O/c1-14-8-19(29-13-28-14)32-10-15-5-6-26-17(16(15)11-32)9-27-20-30-21(2)18(34-12-22(23,24)25)4-3-7-33(21)31-20/h3-4,7-8,13,15-17,26H,5-6,9-12H2,1-2H3,(H2,27,30,31)/t15?,16-,17+,21?/m1/s1. The summed E-state index contributed by atoms with van der Waals surface area (Å²) in [5.41, 5.74) is 3.09. The second-order valence-electron chi connectivity index (χ2n) is 9.34. The molecule has 3 N–H and O–H groups in total. The van der Waals surface area contributed by atoms with Gasteiger partial charge in [0.25, 0.3) is 0 Å². The Morgan fingerprint density at radius 3 is 2.94 bits per heavy atom. The SMILES string of the molecule is Cc1cc(N2CC3CCN[C@@H](CN=C4NN5C=CC=C(OCC(F)(F)F)C5(C)N4)[C@@H]3C2)ncn1. The Hall–Kier alpha value is -3.02. The minimum Gasteiger partial charge on any atom is -0.484 e. The van der Waals surface area contributed by atoms with E-state index in [1.807, 2.05) is 13.0 Å². The van der Waals surface area contributed by atoms with Crippen molar-refractivity contribution in [3.8, 4) is 0 Å². The monoisotopic (exact) mass is 478 g/mol. The van der Waals surface area contributed by atoms with Crippen LogP contribution in [0.2, 0.25) is 0 Å². The average Bonchev–Trinajstić information content (AvgIpc) is 3.37. The molecule has 1 aromatic heterocycles. The van der Waals surface area contributed by atoms with Crippen molar-refractivity contribution in [2.45, 2.75) is 38.1 Å². The summed E-state index contributed by atoms with van der Waals surface area (Å²) in [7, 11) is 0. The Kier molecular flexibility index (Phi) is 5.78. The number of hydrogen-bond acceptors (Lipinski definition) is 7. The Morgan fingerprint density at radius 1 is 1.29 bits per heavy atom. The van der Waals surface area contributed by atoms with Gasteiger partial charge in [0.1, 0.15) is 17.9 Å². The van der Waals surface area contributed by atoms with Gasteiger partial charge in [0, 0.05) is 37.1 Å². The number of hydrogen-bond donors (Lipinski definition) is 3. The summed E-state index contributed by atoms with van der Waals surface area (Å²) in [6.45, 7) is 5.71. The van der Waals surface area contributed by atoms with E-state index in [1.165, 1.54) is 6.08 Å². The van der Waals surface area contributed by atoms with Gasteiger partial charge in [-0.1, -0.05) is 0 Å². The molecule has 0 radical (unpaired) electrons. The fourth-order valence-electron chi connectivity index (χ4n) is 5.17. The molecule has 5 heterocycles. The third-order valence-electron chi connectivity index (χ3n) is 6.91. The number of nitrogens with one attached hydrogen (secondary N) is 3. The molecule has 9 nitrogen and oxygen atoms in total. The molecule has 0 aromatic carbocycles. The number of ether oxygens (including phenoxy) is 1. The van der Waals surface area contributed by atoms with Crippen molar-refractivity contribution in [3.63, 3.8) is 0 Å². The first-order chi connectivity index (χ1) is 16.2. The average molecular weight is 479 g/mol. The number of aliphatic imine (C=N–C) groups is 1. The van der Waals surface area contributed by atoms with E-state index in [2.05, 4.69) is 30.9 Å². The van der Waals surface area contributed by atoms with E-state index in [0.29, 0.717) is 24.3 Å². The van der Waals surface area contributed by atoms with Gasteiger partial charge in [-0.25, -0.2) is 9.97 Å². The molecule has 4 aliphatic heterocycles. The van der Waals surface area contributed by atoms with Crippen LogP contribution in [0.5, 0.6) is 0 Å². The lowest BCUT2D eigenvalue weighted by molar-refractivity contribution is -0.169. The van der Waals surface area contributed by atoms with E-state index in [4.69, 9.17) is 9.73 Å². The molecule has 184 valence electrons. The van der Waals surface area contributed by atoms with Gasteiger partial charge >= 0.3 is 6.18 Å². The van der Waals surface area contributed by atoms with Gasteiger partial charge in [-0.3, -0.25) is 15.4 Å². The maximum Gasteiger partial charge on any atom is 0.422 e. The lowest BCUT2D eigenvalue weighted by Crippen LogP contribution is -2.52. The Balaban J connectivity index is 1.24. The molecule has 2 unspecified atom stereocenters. The number of anilines is 1. The molecule has 1 aromatic rings. The molecule has 12 heteroatoms. The van der Waals surface area contributed by atoms with E-state index >= 15 is 0 Å². The summed E-state index contributed by atoms with van der Waals surface area (Å²) in [6, 6.07) is 2.21. The van der Waals surface area contributed by atoms with Crippen LogP contribution < -0.4 is 21.0 Å². The van der Waals surface area contributed by atoms with Crippen LogP contribution in [0, 0.1) is 18.8 Å². The van der Waals surface area contributed by atoms with Crippen LogP contribution in [0.15, 0.2) is 41.5 Å². The lowest BCUT2D eigenvalue weighted by Gasteiger charge is -2.35. The van der Waals surface area contributed by atoms with Crippen molar-refractivity contribution in [1.29, 1.82) is 0 Å². The minimum atomic E-state index is -4.41. The number of nitrogens with zero attached hydrogens (tertiary/aromatic N) is 5. The number of rotatable bonds is 5. The number of guanidine groups is 1. The van der Waals surface area contributed by atoms with Crippen molar-refractivity contribution in [1.82, 2.24) is 31.0 Å². The second-order valence-corrected chi connectivity index (χ2v) is 9.34. The van der Waals surface area contributed by atoms with Gasteiger partial charge < -0.3 is 20.3 Å². The normalized spacial score (nSPS) is 31.6. The van der Waals surface area contributed by atoms with E-state index in [1.54, 1.807) is 30.5 Å². The minimum absolute atomic E-state index is 0.174. The summed E-state index contributed by atoms with van der Waals surface area (Å²) >= 11 is 0. The number of halogens is 3. The molecule has 0 aliphatic carbocycles. The third-order valence-corrected chi connectivity index (χ3v) is 6.91. The van der Waals surface area contributed by atoms with Crippen molar-refractivity contribution in [2.24, 2.45) is 16.8 Å². The molecule has 3 fully saturated rings. The molecule has 0 saturated carbocycles. The largest absolute Gasteiger partial charge is 0.484 e. The maximum atomic E-state index is 12.7. The molecule has 34 heavy (non-hydrogen) atoms.